The van der Waals surface area contributed by atoms with Gasteiger partial charge in [0, 0.05) is 11.8 Å². The summed E-state index contributed by atoms with van der Waals surface area (Å²) in [5.41, 5.74) is -0.567. The second kappa shape index (κ2) is 4.88. The molecular weight excluding hydrogens is 236 g/mol. The number of hydrogen-bond donors (Lipinski definition) is 1. The van der Waals surface area contributed by atoms with Crippen LogP contribution < -0.4 is 5.32 Å². The van der Waals surface area contributed by atoms with E-state index in [1.807, 2.05) is 13.2 Å². The molecule has 1 aliphatic carbocycles. The third-order valence-corrected chi connectivity index (χ3v) is 4.58. The first-order chi connectivity index (χ1) is 8.09. The first kappa shape index (κ1) is 12.7. The van der Waals surface area contributed by atoms with Gasteiger partial charge in [-0.1, -0.05) is 12.8 Å². The highest BCUT2D eigenvalue weighted by atomic mass is 32.2. The van der Waals surface area contributed by atoms with Gasteiger partial charge >= 0.3 is 0 Å². The minimum absolute atomic E-state index is 0.000506. The molecule has 0 aromatic carbocycles. The van der Waals surface area contributed by atoms with E-state index in [0.717, 1.165) is 31.4 Å². The van der Waals surface area contributed by atoms with E-state index in [1.54, 1.807) is 16.7 Å². The van der Waals surface area contributed by atoms with Crippen LogP contribution in [0.5, 0.6) is 0 Å². The average Bonchev–Trinajstić information content (AvgIpc) is 2.73. The molecule has 17 heavy (non-hydrogen) atoms. The molecule has 0 bridgehead atoms. The topological polar surface area (TPSA) is 49.4 Å². The van der Waals surface area contributed by atoms with Crippen molar-refractivity contribution in [2.24, 2.45) is 0 Å². The van der Waals surface area contributed by atoms with Crippen molar-refractivity contribution in [3.63, 3.8) is 0 Å². The fourth-order valence-electron chi connectivity index (χ4n) is 2.87. The van der Waals surface area contributed by atoms with E-state index in [0.29, 0.717) is 0 Å². The lowest BCUT2D eigenvalue weighted by molar-refractivity contribution is -0.151. The van der Waals surface area contributed by atoms with Crippen LogP contribution in [0.15, 0.2) is 0 Å². The highest BCUT2D eigenvalue weighted by Gasteiger charge is 2.49. The van der Waals surface area contributed by atoms with Gasteiger partial charge in [0.2, 0.25) is 11.8 Å². The standard InChI is InChI=1S/C12H20N2O2S/c1-9(8-17-2)14-7-10(15)13-12(11(14)16)5-3-4-6-12/h9H,3-8H2,1-2H3,(H,13,15). The third kappa shape index (κ3) is 2.30. The second-order valence-corrected chi connectivity index (χ2v) is 5.99. The smallest absolute Gasteiger partial charge is 0.249 e. The van der Waals surface area contributed by atoms with Crippen LogP contribution in [0, 0.1) is 0 Å². The first-order valence-corrected chi connectivity index (χ1v) is 7.59. The lowest BCUT2D eigenvalue weighted by Crippen LogP contribution is -2.67. The van der Waals surface area contributed by atoms with Gasteiger partial charge in [-0.15, -0.1) is 0 Å². The Balaban J connectivity index is 2.17. The summed E-state index contributed by atoms with van der Waals surface area (Å²) in [7, 11) is 0. The number of amides is 2. The number of hydrogen-bond acceptors (Lipinski definition) is 3. The zero-order valence-electron chi connectivity index (χ0n) is 10.5. The van der Waals surface area contributed by atoms with Crippen molar-refractivity contribution < 1.29 is 9.59 Å². The molecule has 2 aliphatic rings. The summed E-state index contributed by atoms with van der Waals surface area (Å²) in [6.45, 7) is 2.25. The molecule has 1 heterocycles. The summed E-state index contributed by atoms with van der Waals surface area (Å²) in [5.74, 6) is 1.02. The molecule has 1 unspecified atom stereocenters. The molecule has 4 nitrogen and oxygen atoms in total. The van der Waals surface area contributed by atoms with Crippen molar-refractivity contribution in [3.05, 3.63) is 0 Å². The Morgan fingerprint density at radius 1 is 1.41 bits per heavy atom. The highest BCUT2D eigenvalue weighted by Crippen LogP contribution is 2.34. The molecule has 2 rings (SSSR count). The Kier molecular flexibility index (Phi) is 3.66. The average molecular weight is 256 g/mol. The van der Waals surface area contributed by atoms with Crippen molar-refractivity contribution in [3.8, 4) is 0 Å². The summed E-state index contributed by atoms with van der Waals surface area (Å²) in [6.07, 6.45) is 5.71. The molecule has 0 radical (unpaired) electrons. The van der Waals surface area contributed by atoms with Crippen LogP contribution in [0.3, 0.4) is 0 Å². The van der Waals surface area contributed by atoms with Gasteiger partial charge in [0.05, 0.1) is 6.54 Å². The number of nitrogens with one attached hydrogen (secondary N) is 1. The van der Waals surface area contributed by atoms with Crippen molar-refractivity contribution >= 4 is 23.6 Å². The fourth-order valence-corrected chi connectivity index (χ4v) is 3.53. The molecular formula is C12H20N2O2S. The van der Waals surface area contributed by atoms with Crippen LogP contribution in [-0.4, -0.2) is 46.8 Å². The van der Waals surface area contributed by atoms with Crippen LogP contribution in [0.25, 0.3) is 0 Å². The van der Waals surface area contributed by atoms with Gasteiger partial charge in [0.15, 0.2) is 0 Å². The van der Waals surface area contributed by atoms with Gasteiger partial charge in [-0.3, -0.25) is 9.59 Å². The second-order valence-electron chi connectivity index (χ2n) is 5.07. The molecule has 1 spiro atoms. The van der Waals surface area contributed by atoms with Crippen LogP contribution >= 0.6 is 11.8 Å². The molecule has 5 heteroatoms. The molecule has 2 amide bonds. The van der Waals surface area contributed by atoms with Crippen LogP contribution in [0.2, 0.25) is 0 Å². The zero-order chi connectivity index (χ0) is 12.5. The van der Waals surface area contributed by atoms with Gasteiger partial charge in [0.1, 0.15) is 5.54 Å². The van der Waals surface area contributed by atoms with E-state index in [2.05, 4.69) is 5.32 Å². The molecule has 1 atom stereocenters. The number of thioether (sulfide) groups is 1. The van der Waals surface area contributed by atoms with Gasteiger partial charge < -0.3 is 10.2 Å². The van der Waals surface area contributed by atoms with E-state index < -0.39 is 5.54 Å². The van der Waals surface area contributed by atoms with E-state index in [-0.39, 0.29) is 24.4 Å². The fraction of sp³-hybridized carbons (Fsp3) is 0.833. The number of piperazine rings is 1. The van der Waals surface area contributed by atoms with Gasteiger partial charge in [0.25, 0.3) is 0 Å². The number of rotatable bonds is 3. The molecule has 1 saturated heterocycles. The molecule has 2 fully saturated rings. The maximum atomic E-state index is 12.5. The SMILES string of the molecule is CSCC(C)N1CC(=O)NC2(CCCC2)C1=O. The minimum Gasteiger partial charge on any atom is -0.340 e. The monoisotopic (exact) mass is 256 g/mol. The number of carbonyl (C=O) groups is 2. The van der Waals surface area contributed by atoms with Crippen molar-refractivity contribution in [2.45, 2.75) is 44.2 Å². The van der Waals surface area contributed by atoms with E-state index in [1.165, 1.54) is 0 Å². The van der Waals surface area contributed by atoms with Crippen molar-refractivity contribution in [1.82, 2.24) is 10.2 Å². The molecule has 0 aromatic rings. The zero-order valence-corrected chi connectivity index (χ0v) is 11.3. The van der Waals surface area contributed by atoms with Crippen LogP contribution in [0.4, 0.5) is 0 Å². The molecule has 96 valence electrons. The molecule has 0 aromatic heterocycles. The van der Waals surface area contributed by atoms with Crippen molar-refractivity contribution in [2.75, 3.05) is 18.6 Å². The Morgan fingerprint density at radius 3 is 2.65 bits per heavy atom. The maximum Gasteiger partial charge on any atom is 0.249 e. The summed E-state index contributed by atoms with van der Waals surface area (Å²) >= 11 is 1.71. The molecule has 1 saturated carbocycles. The molecule has 1 aliphatic heterocycles. The summed E-state index contributed by atoms with van der Waals surface area (Å²) in [5, 5.41) is 2.93. The Morgan fingerprint density at radius 2 is 2.06 bits per heavy atom. The van der Waals surface area contributed by atoms with Crippen LogP contribution in [0.1, 0.15) is 32.6 Å². The lowest BCUT2D eigenvalue weighted by atomic mass is 9.92. The quantitative estimate of drug-likeness (QED) is 0.820. The Bertz CT molecular complexity index is 326. The largest absolute Gasteiger partial charge is 0.340 e. The van der Waals surface area contributed by atoms with Crippen molar-refractivity contribution in [1.29, 1.82) is 0 Å². The first-order valence-electron chi connectivity index (χ1n) is 6.20. The predicted molar refractivity (Wildman–Crippen MR) is 68.9 cm³/mol. The lowest BCUT2D eigenvalue weighted by Gasteiger charge is -2.42. The Hall–Kier alpha value is -0.710. The third-order valence-electron chi connectivity index (χ3n) is 3.76. The van der Waals surface area contributed by atoms with E-state index >= 15 is 0 Å². The highest BCUT2D eigenvalue weighted by molar-refractivity contribution is 7.98. The van der Waals surface area contributed by atoms with Crippen LogP contribution in [-0.2, 0) is 9.59 Å². The normalized spacial score (nSPS) is 25.2. The van der Waals surface area contributed by atoms with E-state index in [4.69, 9.17) is 0 Å². The van der Waals surface area contributed by atoms with Gasteiger partial charge in [-0.25, -0.2) is 0 Å². The summed E-state index contributed by atoms with van der Waals surface area (Å²) in [6, 6.07) is 0.140. The predicted octanol–water partition coefficient (Wildman–Crippen LogP) is 1.01. The van der Waals surface area contributed by atoms with Gasteiger partial charge in [-0.05, 0) is 26.0 Å². The number of carbonyl (C=O) groups excluding carboxylic acids is 2. The number of nitrogens with zero attached hydrogens (tertiary/aromatic N) is 1. The maximum absolute atomic E-state index is 12.5. The summed E-state index contributed by atoms with van der Waals surface area (Å²) in [4.78, 5) is 26.1. The Labute approximate surface area is 106 Å². The van der Waals surface area contributed by atoms with E-state index in [9.17, 15) is 9.59 Å². The summed E-state index contributed by atoms with van der Waals surface area (Å²) < 4.78 is 0. The van der Waals surface area contributed by atoms with Gasteiger partial charge in [-0.2, -0.15) is 11.8 Å². The minimum atomic E-state index is -0.567. The molecule has 1 N–H and O–H groups in total.